The van der Waals surface area contributed by atoms with Crippen molar-refractivity contribution >= 4 is 30.6 Å². The van der Waals surface area contributed by atoms with E-state index in [9.17, 15) is 0 Å². The quantitative estimate of drug-likeness (QED) is 0.358. The van der Waals surface area contributed by atoms with Crippen molar-refractivity contribution in [3.8, 4) is 0 Å². The first-order valence-corrected chi connectivity index (χ1v) is 6.49. The molecule has 0 aromatic carbocycles. The SMILES string of the molecule is CC12CCC(O1)C1CN(CC/C(N)=N/O)CC12.Cl.Cl. The second kappa shape index (κ2) is 6.04. The number of fused-ring (bicyclic) bond motifs is 5. The fraction of sp³-hybridized carbons (Fsp3) is 0.917. The highest BCUT2D eigenvalue weighted by atomic mass is 35.5. The van der Waals surface area contributed by atoms with Gasteiger partial charge in [0.2, 0.25) is 0 Å². The first-order valence-electron chi connectivity index (χ1n) is 6.49. The van der Waals surface area contributed by atoms with E-state index in [2.05, 4.69) is 17.0 Å². The highest BCUT2D eigenvalue weighted by Gasteiger charge is 2.59. The Bertz CT molecular complexity index is 356. The van der Waals surface area contributed by atoms with Gasteiger partial charge in [0.25, 0.3) is 0 Å². The molecule has 7 heteroatoms. The third-order valence-electron chi connectivity index (χ3n) is 4.86. The van der Waals surface area contributed by atoms with Crippen LogP contribution in [-0.4, -0.2) is 47.3 Å². The topological polar surface area (TPSA) is 71.1 Å². The van der Waals surface area contributed by atoms with Crippen LogP contribution in [0.25, 0.3) is 0 Å². The second-order valence-corrected chi connectivity index (χ2v) is 5.88. The molecule has 0 radical (unpaired) electrons. The third-order valence-corrected chi connectivity index (χ3v) is 4.86. The van der Waals surface area contributed by atoms with E-state index in [-0.39, 0.29) is 30.4 Å². The minimum atomic E-state index is 0. The molecule has 112 valence electrons. The Balaban J connectivity index is 0.000000902. The molecular formula is C12H23Cl2N3O2. The standard InChI is InChI=1S/C12H21N3O2.2ClH/c1-12-4-2-10(17-12)8-6-15(7-9(8)12)5-3-11(13)14-16;;/h8-10,16H,2-7H2,1H3,(H2,13,14);2*1H. The van der Waals surface area contributed by atoms with Gasteiger partial charge in [-0.25, -0.2) is 0 Å². The molecule has 3 heterocycles. The van der Waals surface area contributed by atoms with Crippen molar-refractivity contribution in [1.82, 2.24) is 4.90 Å². The van der Waals surface area contributed by atoms with Crippen LogP contribution in [0.15, 0.2) is 5.16 Å². The van der Waals surface area contributed by atoms with Crippen molar-refractivity contribution in [2.24, 2.45) is 22.7 Å². The summed E-state index contributed by atoms with van der Waals surface area (Å²) >= 11 is 0. The lowest BCUT2D eigenvalue weighted by Gasteiger charge is -2.28. The van der Waals surface area contributed by atoms with Crippen LogP contribution in [0.4, 0.5) is 0 Å². The number of nitrogens with two attached hydrogens (primary N) is 1. The molecule has 3 N–H and O–H groups in total. The van der Waals surface area contributed by atoms with Crippen molar-refractivity contribution < 1.29 is 9.94 Å². The monoisotopic (exact) mass is 311 g/mol. The molecule has 4 atom stereocenters. The molecule has 0 saturated carbocycles. The molecule has 3 rings (SSSR count). The molecule has 0 aliphatic carbocycles. The van der Waals surface area contributed by atoms with E-state index >= 15 is 0 Å². The molecule has 0 aromatic heterocycles. The molecule has 5 nitrogen and oxygen atoms in total. The van der Waals surface area contributed by atoms with Crippen molar-refractivity contribution in [3.63, 3.8) is 0 Å². The number of rotatable bonds is 3. The number of oxime groups is 1. The highest BCUT2D eigenvalue weighted by molar-refractivity contribution is 5.85. The van der Waals surface area contributed by atoms with Gasteiger partial charge in [-0.1, -0.05) is 5.16 Å². The number of halogens is 2. The van der Waals surface area contributed by atoms with Crippen molar-refractivity contribution in [1.29, 1.82) is 0 Å². The molecule has 4 unspecified atom stereocenters. The summed E-state index contributed by atoms with van der Waals surface area (Å²) in [5, 5.41) is 11.6. The number of amidine groups is 1. The summed E-state index contributed by atoms with van der Waals surface area (Å²) in [5.74, 6) is 1.72. The predicted octanol–water partition coefficient (Wildman–Crippen LogP) is 1.47. The van der Waals surface area contributed by atoms with E-state index in [4.69, 9.17) is 15.7 Å². The van der Waals surface area contributed by atoms with Crippen molar-refractivity contribution in [2.45, 2.75) is 37.9 Å². The Morgan fingerprint density at radius 3 is 2.84 bits per heavy atom. The number of hydrogen-bond acceptors (Lipinski definition) is 4. The van der Waals surface area contributed by atoms with Crippen LogP contribution in [0, 0.1) is 11.8 Å². The predicted molar refractivity (Wildman–Crippen MR) is 78.5 cm³/mol. The van der Waals surface area contributed by atoms with Crippen LogP contribution < -0.4 is 5.73 Å². The molecule has 2 bridgehead atoms. The normalized spacial score (nSPS) is 40.7. The van der Waals surface area contributed by atoms with Gasteiger partial charge in [-0.15, -0.1) is 24.8 Å². The minimum Gasteiger partial charge on any atom is -0.409 e. The number of nitrogens with zero attached hydrogens (tertiary/aromatic N) is 2. The zero-order valence-electron chi connectivity index (χ0n) is 11.1. The molecule has 19 heavy (non-hydrogen) atoms. The van der Waals surface area contributed by atoms with Crippen LogP contribution in [0.3, 0.4) is 0 Å². The van der Waals surface area contributed by atoms with Gasteiger partial charge in [0, 0.05) is 37.9 Å². The van der Waals surface area contributed by atoms with Gasteiger partial charge >= 0.3 is 0 Å². The average Bonchev–Trinajstić information content (AvgIpc) is 2.95. The summed E-state index contributed by atoms with van der Waals surface area (Å²) in [6.07, 6.45) is 3.58. The number of hydrogen-bond donors (Lipinski definition) is 2. The van der Waals surface area contributed by atoms with Gasteiger partial charge in [-0.3, -0.25) is 0 Å². The van der Waals surface area contributed by atoms with Crippen molar-refractivity contribution in [2.75, 3.05) is 19.6 Å². The van der Waals surface area contributed by atoms with E-state index in [1.54, 1.807) is 0 Å². The maximum absolute atomic E-state index is 8.53. The van der Waals surface area contributed by atoms with Gasteiger partial charge < -0.3 is 20.6 Å². The zero-order valence-corrected chi connectivity index (χ0v) is 12.8. The Morgan fingerprint density at radius 2 is 2.21 bits per heavy atom. The second-order valence-electron chi connectivity index (χ2n) is 5.88. The number of likely N-dealkylation sites (tertiary alicyclic amines) is 1. The van der Waals surface area contributed by atoms with Crippen molar-refractivity contribution in [3.05, 3.63) is 0 Å². The van der Waals surface area contributed by atoms with Gasteiger partial charge in [0.1, 0.15) is 5.84 Å². The molecule has 3 aliphatic heterocycles. The summed E-state index contributed by atoms with van der Waals surface area (Å²) in [6, 6.07) is 0. The largest absolute Gasteiger partial charge is 0.409 e. The maximum atomic E-state index is 8.53. The third kappa shape index (κ3) is 2.79. The molecule has 3 fully saturated rings. The lowest BCUT2D eigenvalue weighted by Crippen LogP contribution is -2.35. The lowest BCUT2D eigenvalue weighted by atomic mass is 9.75. The van der Waals surface area contributed by atoms with Gasteiger partial charge in [-0.05, 0) is 19.8 Å². The fourth-order valence-corrected chi connectivity index (χ4v) is 3.91. The van der Waals surface area contributed by atoms with Gasteiger partial charge in [0.05, 0.1) is 11.7 Å². The minimum absolute atomic E-state index is 0. The smallest absolute Gasteiger partial charge is 0.140 e. The van der Waals surface area contributed by atoms with Crippen LogP contribution in [-0.2, 0) is 4.74 Å². The average molecular weight is 312 g/mol. The molecule has 3 saturated heterocycles. The van der Waals surface area contributed by atoms with E-state index in [0.717, 1.165) is 19.6 Å². The van der Waals surface area contributed by atoms with E-state index in [0.29, 0.717) is 30.2 Å². The first kappa shape index (κ1) is 16.8. The summed E-state index contributed by atoms with van der Waals surface area (Å²) < 4.78 is 6.11. The van der Waals surface area contributed by atoms with E-state index in [1.165, 1.54) is 12.8 Å². The highest BCUT2D eigenvalue weighted by Crippen LogP contribution is 2.53. The Kier molecular flexibility index (Phi) is 5.35. The maximum Gasteiger partial charge on any atom is 0.140 e. The molecular weight excluding hydrogens is 289 g/mol. The molecule has 0 amide bonds. The van der Waals surface area contributed by atoms with Gasteiger partial charge in [-0.2, -0.15) is 0 Å². The summed E-state index contributed by atoms with van der Waals surface area (Å²) in [4.78, 5) is 2.44. The summed E-state index contributed by atoms with van der Waals surface area (Å²) in [5.41, 5.74) is 5.63. The summed E-state index contributed by atoms with van der Waals surface area (Å²) in [7, 11) is 0. The lowest BCUT2D eigenvalue weighted by molar-refractivity contribution is -0.00290. The molecule has 0 spiro atoms. The van der Waals surface area contributed by atoms with E-state index in [1.807, 2.05) is 0 Å². The zero-order chi connectivity index (χ0) is 12.0. The Labute approximate surface area is 126 Å². The van der Waals surface area contributed by atoms with Crippen LogP contribution >= 0.6 is 24.8 Å². The fourth-order valence-electron chi connectivity index (χ4n) is 3.91. The number of ether oxygens (including phenoxy) is 1. The van der Waals surface area contributed by atoms with Crippen LogP contribution in [0.1, 0.15) is 26.2 Å². The van der Waals surface area contributed by atoms with Crippen LogP contribution in [0.5, 0.6) is 0 Å². The van der Waals surface area contributed by atoms with E-state index < -0.39 is 0 Å². The van der Waals surface area contributed by atoms with Gasteiger partial charge in [0.15, 0.2) is 0 Å². The molecule has 3 aliphatic rings. The summed E-state index contributed by atoms with van der Waals surface area (Å²) in [6.45, 7) is 5.39. The first-order chi connectivity index (χ1) is 8.12. The van der Waals surface area contributed by atoms with Crippen LogP contribution in [0.2, 0.25) is 0 Å². The molecule has 0 aromatic rings. The Morgan fingerprint density at radius 1 is 1.47 bits per heavy atom. The Hall–Kier alpha value is -0.230.